The van der Waals surface area contributed by atoms with E-state index in [2.05, 4.69) is 17.0 Å². The Kier molecular flexibility index (Phi) is 5.95. The van der Waals surface area contributed by atoms with E-state index in [1.165, 1.54) is 44.0 Å². The molecule has 1 aromatic heterocycles. The molecule has 1 aromatic carbocycles. The van der Waals surface area contributed by atoms with E-state index >= 15 is 0 Å². The molecule has 1 unspecified atom stereocenters. The van der Waals surface area contributed by atoms with Gasteiger partial charge in [-0.2, -0.15) is 5.10 Å². The summed E-state index contributed by atoms with van der Waals surface area (Å²) < 4.78 is 31.0. The number of fused-ring (bicyclic) bond motifs is 2. The maximum absolute atomic E-state index is 15.0. The summed E-state index contributed by atoms with van der Waals surface area (Å²) in [6.07, 6.45) is 10.0. The number of unbranched alkanes of at least 4 members (excludes halogenated alkanes) is 2. The molecule has 1 N–H and O–H groups in total. The molecule has 2 aliphatic heterocycles. The lowest BCUT2D eigenvalue weighted by molar-refractivity contribution is -0.960. The molecule has 0 spiro atoms. The molecular weight excluding hydrogens is 386 g/mol. The fraction of sp³-hybridized carbons (Fsp3) is 0.652. The van der Waals surface area contributed by atoms with Gasteiger partial charge in [-0.15, -0.1) is 0 Å². The van der Waals surface area contributed by atoms with Crippen LogP contribution in [-0.4, -0.2) is 49.5 Å². The quantitative estimate of drug-likeness (QED) is 0.493. The first-order valence-electron chi connectivity index (χ1n) is 11.3. The van der Waals surface area contributed by atoms with Crippen LogP contribution in [0, 0.1) is 17.6 Å². The lowest BCUT2D eigenvalue weighted by Gasteiger charge is -2.49. The predicted molar refractivity (Wildman–Crippen MR) is 110 cm³/mol. The van der Waals surface area contributed by atoms with Gasteiger partial charge in [0, 0.05) is 30.4 Å². The normalized spacial score (nSPS) is 28.6. The van der Waals surface area contributed by atoms with Crippen molar-refractivity contribution >= 4 is 0 Å². The zero-order valence-electron chi connectivity index (χ0n) is 18.0. The van der Waals surface area contributed by atoms with E-state index in [1.54, 1.807) is 4.68 Å². The van der Waals surface area contributed by atoms with Gasteiger partial charge in [0.1, 0.15) is 30.3 Å². The highest BCUT2D eigenvalue weighted by atomic mass is 19.1. The van der Waals surface area contributed by atoms with Crippen LogP contribution in [-0.2, 0) is 12.1 Å². The molecule has 2 saturated heterocycles. The number of aliphatic hydroxyl groups is 1. The van der Waals surface area contributed by atoms with Crippen LogP contribution in [0.2, 0.25) is 0 Å². The average molecular weight is 420 g/mol. The second kappa shape index (κ2) is 8.35. The van der Waals surface area contributed by atoms with Crippen molar-refractivity contribution in [2.75, 3.05) is 13.1 Å². The summed E-state index contributed by atoms with van der Waals surface area (Å²) in [5.74, 6) is -0.669. The number of hydrogen-bond donors (Lipinski definition) is 1. The van der Waals surface area contributed by atoms with Crippen molar-refractivity contribution in [1.29, 1.82) is 0 Å². The van der Waals surface area contributed by atoms with Crippen LogP contribution in [0.1, 0.15) is 57.9 Å². The third-order valence-corrected chi connectivity index (χ3v) is 7.87. The van der Waals surface area contributed by atoms with Crippen LogP contribution >= 0.6 is 0 Å². The van der Waals surface area contributed by atoms with Crippen LogP contribution in [0.25, 0.3) is 0 Å². The molecule has 30 heavy (non-hydrogen) atoms. The first kappa shape index (κ1) is 21.4. The molecule has 0 aliphatic carbocycles. The number of halogens is 2. The Morgan fingerprint density at radius 2 is 2.03 bits per heavy atom. The minimum absolute atomic E-state index is 0.0864. The third kappa shape index (κ3) is 3.56. The molecule has 0 saturated carbocycles. The molecule has 0 radical (unpaired) electrons. The highest BCUT2D eigenvalue weighted by Crippen LogP contribution is 2.50. The smallest absolute Gasteiger partial charge is 0.163 e. The number of nitrogens with zero attached hydrogens (tertiary/aromatic N) is 4. The van der Waals surface area contributed by atoms with E-state index in [1.807, 2.05) is 6.92 Å². The summed E-state index contributed by atoms with van der Waals surface area (Å²) >= 11 is 0. The number of quaternary nitrogens is 1. The Bertz CT molecular complexity index is 851. The molecule has 3 atom stereocenters. The van der Waals surface area contributed by atoms with Crippen LogP contribution in [0.4, 0.5) is 8.78 Å². The SMILES string of the molecule is CCCCCC1C2CC[N+]1([C@H](C)[C@](O)(Cn1cncn1)c1ccc(F)cc1F)CC2. The van der Waals surface area contributed by atoms with E-state index in [0.717, 1.165) is 42.9 Å². The molecule has 164 valence electrons. The average Bonchev–Trinajstić information content (AvgIpc) is 3.44. The van der Waals surface area contributed by atoms with E-state index in [4.69, 9.17) is 0 Å². The molecule has 7 heteroatoms. The van der Waals surface area contributed by atoms with Crippen LogP contribution in [0.15, 0.2) is 30.9 Å². The lowest BCUT2D eigenvalue weighted by atomic mass is 9.83. The highest BCUT2D eigenvalue weighted by Gasteiger charge is 2.61. The van der Waals surface area contributed by atoms with E-state index in [9.17, 15) is 13.9 Å². The van der Waals surface area contributed by atoms with Crippen LogP contribution in [0.3, 0.4) is 0 Å². The first-order chi connectivity index (χ1) is 14.4. The largest absolute Gasteiger partial charge is 0.377 e. The fourth-order valence-corrected chi connectivity index (χ4v) is 6.25. The van der Waals surface area contributed by atoms with Crippen LogP contribution < -0.4 is 0 Å². The van der Waals surface area contributed by atoms with Crippen molar-refractivity contribution in [3.05, 3.63) is 48.1 Å². The first-order valence-corrected chi connectivity index (χ1v) is 11.3. The Hall–Kier alpha value is -1.86. The van der Waals surface area contributed by atoms with Crippen molar-refractivity contribution in [2.24, 2.45) is 5.92 Å². The molecule has 0 amide bonds. The molecule has 2 aliphatic rings. The molecule has 2 aromatic rings. The Morgan fingerprint density at radius 1 is 1.27 bits per heavy atom. The molecule has 2 bridgehead atoms. The van der Waals surface area contributed by atoms with Gasteiger partial charge >= 0.3 is 0 Å². The van der Waals surface area contributed by atoms with Crippen molar-refractivity contribution in [2.45, 2.75) is 76.6 Å². The minimum atomic E-state index is -1.52. The summed E-state index contributed by atoms with van der Waals surface area (Å²) in [6, 6.07) is 3.74. The van der Waals surface area contributed by atoms with Crippen LogP contribution in [0.5, 0.6) is 0 Å². The monoisotopic (exact) mass is 419 g/mol. The maximum atomic E-state index is 15.0. The predicted octanol–water partition coefficient (Wildman–Crippen LogP) is 4.02. The van der Waals surface area contributed by atoms with Gasteiger partial charge in [0.2, 0.25) is 0 Å². The maximum Gasteiger partial charge on any atom is 0.163 e. The van der Waals surface area contributed by atoms with E-state index in [0.29, 0.717) is 12.0 Å². The van der Waals surface area contributed by atoms with Gasteiger partial charge in [-0.25, -0.2) is 18.4 Å². The van der Waals surface area contributed by atoms with Crippen molar-refractivity contribution in [3.8, 4) is 0 Å². The van der Waals surface area contributed by atoms with Gasteiger partial charge in [0.15, 0.2) is 5.60 Å². The Balaban J connectivity index is 1.72. The van der Waals surface area contributed by atoms with Gasteiger partial charge in [0.05, 0.1) is 25.7 Å². The zero-order chi connectivity index (χ0) is 21.4. The Labute approximate surface area is 177 Å². The number of benzene rings is 1. The van der Waals surface area contributed by atoms with Crippen molar-refractivity contribution in [1.82, 2.24) is 14.8 Å². The number of hydrogen-bond acceptors (Lipinski definition) is 3. The van der Waals surface area contributed by atoms with Gasteiger partial charge < -0.3 is 9.59 Å². The molecule has 4 rings (SSSR count). The molecule has 3 heterocycles. The molecular formula is C23H33F2N4O+. The lowest BCUT2D eigenvalue weighted by Crippen LogP contribution is -2.64. The summed E-state index contributed by atoms with van der Waals surface area (Å²) in [5.41, 5.74) is -1.38. The van der Waals surface area contributed by atoms with Gasteiger partial charge in [-0.1, -0.05) is 19.8 Å². The standard InChI is InChI=1S/C23H33F2N4O/c1-3-4-5-6-22-18-9-11-29(22,12-10-18)17(2)23(30,14-28-16-26-15-27-28)20-8-7-19(24)13-21(20)25/h7-8,13,15-18,22,30H,3-6,9-12,14H2,1-2H3/q+1/t17-,18?,22?,23-,29?/m1/s1. The Morgan fingerprint density at radius 3 is 2.67 bits per heavy atom. The number of piperidine rings is 1. The summed E-state index contributed by atoms with van der Waals surface area (Å²) in [5, 5.41) is 16.3. The zero-order valence-corrected chi connectivity index (χ0v) is 18.0. The number of rotatable bonds is 9. The highest BCUT2D eigenvalue weighted by molar-refractivity contribution is 5.26. The number of aromatic nitrogens is 3. The minimum Gasteiger partial charge on any atom is -0.377 e. The second-order valence-corrected chi connectivity index (χ2v) is 9.27. The van der Waals surface area contributed by atoms with Gasteiger partial charge in [-0.3, -0.25) is 0 Å². The fourth-order valence-electron chi connectivity index (χ4n) is 6.25. The summed E-state index contributed by atoms with van der Waals surface area (Å²) in [7, 11) is 0. The summed E-state index contributed by atoms with van der Waals surface area (Å²) in [6.45, 7) is 6.35. The molecule has 2 fully saturated rings. The van der Waals surface area contributed by atoms with Crippen molar-refractivity contribution in [3.63, 3.8) is 0 Å². The topological polar surface area (TPSA) is 50.9 Å². The van der Waals surface area contributed by atoms with E-state index in [-0.39, 0.29) is 18.2 Å². The van der Waals surface area contributed by atoms with Gasteiger partial charge in [0.25, 0.3) is 0 Å². The second-order valence-electron chi connectivity index (χ2n) is 9.27. The van der Waals surface area contributed by atoms with E-state index < -0.39 is 17.2 Å². The van der Waals surface area contributed by atoms with Crippen molar-refractivity contribution < 1.29 is 18.4 Å². The summed E-state index contributed by atoms with van der Waals surface area (Å²) in [4.78, 5) is 3.99. The molecule has 5 nitrogen and oxygen atoms in total. The third-order valence-electron chi connectivity index (χ3n) is 7.87. The van der Waals surface area contributed by atoms with Gasteiger partial charge in [-0.05, 0) is 31.9 Å².